The van der Waals surface area contributed by atoms with Gasteiger partial charge in [0.25, 0.3) is 0 Å². The van der Waals surface area contributed by atoms with Crippen LogP contribution in [0.3, 0.4) is 0 Å². The Labute approximate surface area is 107 Å². The van der Waals surface area contributed by atoms with Crippen molar-refractivity contribution in [2.45, 2.75) is 37.6 Å². The molecule has 0 aliphatic heterocycles. The molecule has 0 spiro atoms. The Bertz CT molecular complexity index is 403. The molecule has 0 atom stereocenters. The number of rotatable bonds is 3. The summed E-state index contributed by atoms with van der Waals surface area (Å²) in [7, 11) is 3.06. The van der Waals surface area contributed by atoms with Crippen LogP contribution in [0.1, 0.15) is 37.7 Å². The predicted molar refractivity (Wildman–Crippen MR) is 68.5 cm³/mol. The summed E-state index contributed by atoms with van der Waals surface area (Å²) in [6, 6.07) is 2.75. The first kappa shape index (κ1) is 13.1. The van der Waals surface area contributed by atoms with E-state index in [9.17, 15) is 4.39 Å². The van der Waals surface area contributed by atoms with Crippen LogP contribution in [0.2, 0.25) is 0 Å². The Morgan fingerprint density at radius 1 is 1.06 bits per heavy atom. The molecule has 0 unspecified atom stereocenters. The molecule has 1 aromatic rings. The maximum atomic E-state index is 13.5. The molecule has 1 fully saturated rings. The fourth-order valence-corrected chi connectivity index (χ4v) is 2.80. The van der Waals surface area contributed by atoms with Gasteiger partial charge in [0.1, 0.15) is 17.3 Å². The molecule has 2 N–H and O–H groups in total. The zero-order valence-corrected chi connectivity index (χ0v) is 11.0. The van der Waals surface area contributed by atoms with Crippen molar-refractivity contribution in [1.29, 1.82) is 0 Å². The monoisotopic (exact) mass is 253 g/mol. The third-order valence-corrected chi connectivity index (χ3v) is 3.71. The number of hydrogen-bond acceptors (Lipinski definition) is 3. The van der Waals surface area contributed by atoms with Crippen molar-refractivity contribution in [3.63, 3.8) is 0 Å². The van der Waals surface area contributed by atoms with E-state index in [0.29, 0.717) is 11.5 Å². The topological polar surface area (TPSA) is 44.5 Å². The van der Waals surface area contributed by atoms with E-state index >= 15 is 0 Å². The minimum Gasteiger partial charge on any atom is -0.496 e. The molecule has 1 aliphatic rings. The summed E-state index contributed by atoms with van der Waals surface area (Å²) in [5.41, 5.74) is 6.83. The number of nitrogens with two attached hydrogens (primary N) is 1. The van der Waals surface area contributed by atoms with Crippen LogP contribution in [0.15, 0.2) is 12.1 Å². The number of ether oxygens (including phenoxy) is 2. The van der Waals surface area contributed by atoms with Crippen LogP contribution in [0.5, 0.6) is 11.5 Å². The molecule has 0 aromatic heterocycles. The van der Waals surface area contributed by atoms with Crippen molar-refractivity contribution in [2.24, 2.45) is 5.73 Å². The van der Waals surface area contributed by atoms with Gasteiger partial charge in [0.15, 0.2) is 0 Å². The Morgan fingerprint density at radius 2 is 1.56 bits per heavy atom. The Kier molecular flexibility index (Phi) is 3.76. The van der Waals surface area contributed by atoms with E-state index in [4.69, 9.17) is 15.2 Å². The van der Waals surface area contributed by atoms with Gasteiger partial charge in [-0.05, 0) is 12.8 Å². The number of halogens is 1. The van der Waals surface area contributed by atoms with E-state index in [1.54, 1.807) is 0 Å². The summed E-state index contributed by atoms with van der Waals surface area (Å²) in [5, 5.41) is 0. The van der Waals surface area contributed by atoms with Crippen LogP contribution >= 0.6 is 0 Å². The Balaban J connectivity index is 2.53. The van der Waals surface area contributed by atoms with E-state index in [-0.39, 0.29) is 5.82 Å². The largest absolute Gasteiger partial charge is 0.496 e. The molecule has 0 saturated heterocycles. The lowest BCUT2D eigenvalue weighted by Crippen LogP contribution is -2.39. The Morgan fingerprint density at radius 3 is 2.00 bits per heavy atom. The normalized spacial score (nSPS) is 18.4. The summed E-state index contributed by atoms with van der Waals surface area (Å²) in [5.74, 6) is 0.597. The summed E-state index contributed by atoms with van der Waals surface area (Å²) < 4.78 is 24.0. The van der Waals surface area contributed by atoms with Crippen molar-refractivity contribution >= 4 is 0 Å². The van der Waals surface area contributed by atoms with Crippen LogP contribution in [0, 0.1) is 5.82 Å². The van der Waals surface area contributed by atoms with Crippen LogP contribution in [-0.4, -0.2) is 14.2 Å². The van der Waals surface area contributed by atoms with Gasteiger partial charge in [0.05, 0.1) is 19.8 Å². The predicted octanol–water partition coefficient (Wildman–Crippen LogP) is 2.96. The van der Waals surface area contributed by atoms with Gasteiger partial charge >= 0.3 is 0 Å². The van der Waals surface area contributed by atoms with E-state index in [1.807, 2.05) is 0 Å². The second-order valence-corrected chi connectivity index (χ2v) is 4.90. The molecule has 0 heterocycles. The smallest absolute Gasteiger partial charge is 0.130 e. The summed E-state index contributed by atoms with van der Waals surface area (Å²) in [6.07, 6.45) is 5.13. The molecule has 4 heteroatoms. The van der Waals surface area contributed by atoms with Gasteiger partial charge in [0, 0.05) is 17.7 Å². The maximum absolute atomic E-state index is 13.5. The van der Waals surface area contributed by atoms with Gasteiger partial charge < -0.3 is 15.2 Å². The lowest BCUT2D eigenvalue weighted by molar-refractivity contribution is 0.274. The number of methoxy groups -OCH3 is 2. The molecule has 0 radical (unpaired) electrons. The molecule has 18 heavy (non-hydrogen) atoms. The lowest BCUT2D eigenvalue weighted by atomic mass is 9.76. The SMILES string of the molecule is COc1cc(F)cc(OC)c1C1(N)CCCCC1. The highest BCUT2D eigenvalue weighted by Crippen LogP contribution is 2.44. The molecule has 3 nitrogen and oxygen atoms in total. The van der Waals surface area contributed by atoms with E-state index < -0.39 is 5.54 Å². The number of hydrogen-bond donors (Lipinski definition) is 1. The molecule has 1 aromatic carbocycles. The Hall–Kier alpha value is -1.29. The van der Waals surface area contributed by atoms with E-state index in [1.165, 1.54) is 32.8 Å². The second-order valence-electron chi connectivity index (χ2n) is 4.90. The zero-order valence-electron chi connectivity index (χ0n) is 11.0. The van der Waals surface area contributed by atoms with Gasteiger partial charge in [-0.15, -0.1) is 0 Å². The van der Waals surface area contributed by atoms with Gasteiger partial charge in [-0.1, -0.05) is 19.3 Å². The molecule has 100 valence electrons. The maximum Gasteiger partial charge on any atom is 0.130 e. The first-order chi connectivity index (χ1) is 8.60. The average molecular weight is 253 g/mol. The van der Waals surface area contributed by atoms with Gasteiger partial charge in [-0.2, -0.15) is 0 Å². The number of benzene rings is 1. The van der Waals surface area contributed by atoms with Gasteiger partial charge in [0.2, 0.25) is 0 Å². The molecular weight excluding hydrogens is 233 g/mol. The van der Waals surface area contributed by atoms with Gasteiger partial charge in [-0.3, -0.25) is 0 Å². The first-order valence-electron chi connectivity index (χ1n) is 6.31. The average Bonchev–Trinajstić information content (AvgIpc) is 2.38. The quantitative estimate of drug-likeness (QED) is 0.900. The highest BCUT2D eigenvalue weighted by atomic mass is 19.1. The first-order valence-corrected chi connectivity index (χ1v) is 6.31. The zero-order chi connectivity index (χ0) is 13.2. The van der Waals surface area contributed by atoms with Crippen LogP contribution < -0.4 is 15.2 Å². The molecule has 2 rings (SSSR count). The molecule has 1 aliphatic carbocycles. The minimum absolute atomic E-state index is 0.369. The second kappa shape index (κ2) is 5.14. The van der Waals surface area contributed by atoms with Gasteiger partial charge in [-0.25, -0.2) is 4.39 Å². The highest BCUT2D eigenvalue weighted by Gasteiger charge is 2.35. The van der Waals surface area contributed by atoms with Crippen molar-refractivity contribution in [1.82, 2.24) is 0 Å². The highest BCUT2D eigenvalue weighted by molar-refractivity contribution is 5.50. The lowest BCUT2D eigenvalue weighted by Gasteiger charge is -2.35. The molecule has 0 amide bonds. The van der Waals surface area contributed by atoms with Crippen LogP contribution in [0.25, 0.3) is 0 Å². The standard InChI is InChI=1S/C14H20FNO2/c1-17-11-8-10(15)9-12(18-2)13(11)14(16)6-4-3-5-7-14/h8-9H,3-7,16H2,1-2H3. The van der Waals surface area contributed by atoms with E-state index in [2.05, 4.69) is 0 Å². The van der Waals surface area contributed by atoms with Crippen molar-refractivity contribution in [3.8, 4) is 11.5 Å². The van der Waals surface area contributed by atoms with Crippen molar-refractivity contribution in [3.05, 3.63) is 23.5 Å². The molecule has 0 bridgehead atoms. The summed E-state index contributed by atoms with van der Waals surface area (Å²) >= 11 is 0. The fourth-order valence-electron chi connectivity index (χ4n) is 2.80. The van der Waals surface area contributed by atoms with E-state index in [0.717, 1.165) is 31.2 Å². The third-order valence-electron chi connectivity index (χ3n) is 3.71. The summed E-state index contributed by atoms with van der Waals surface area (Å²) in [6.45, 7) is 0. The van der Waals surface area contributed by atoms with Crippen molar-refractivity contribution in [2.75, 3.05) is 14.2 Å². The fraction of sp³-hybridized carbons (Fsp3) is 0.571. The molecular formula is C14H20FNO2. The summed E-state index contributed by atoms with van der Waals surface area (Å²) in [4.78, 5) is 0. The van der Waals surface area contributed by atoms with Crippen molar-refractivity contribution < 1.29 is 13.9 Å². The van der Waals surface area contributed by atoms with Crippen LogP contribution in [-0.2, 0) is 5.54 Å². The molecule has 1 saturated carbocycles. The van der Waals surface area contributed by atoms with Crippen LogP contribution in [0.4, 0.5) is 4.39 Å². The minimum atomic E-state index is -0.470. The third kappa shape index (κ3) is 2.29.